The lowest BCUT2D eigenvalue weighted by Crippen LogP contribution is -2.26. The van der Waals surface area contributed by atoms with E-state index < -0.39 is 0 Å². The highest BCUT2D eigenvalue weighted by Gasteiger charge is 2.24. The molecule has 0 saturated carbocycles. The standard InChI is InChI=1S/C20H17N5O/c26-20(23-14-16-7-1-3-10-22-16)19-17-8-2-4-11-25(17)18(24-19)12-15-6-5-9-21-13-15/h1-11,13H,12,14H2,(H,23,26)/p+2. The van der Waals surface area contributed by atoms with Crippen molar-refractivity contribution in [3.8, 4) is 0 Å². The summed E-state index contributed by atoms with van der Waals surface area (Å²) in [4.78, 5) is 23.3. The number of nitrogens with one attached hydrogen (secondary N) is 3. The Balaban J connectivity index is 1.61. The Bertz CT molecular complexity index is 1030. The average Bonchev–Trinajstić information content (AvgIpc) is 3.06. The molecule has 4 aromatic rings. The summed E-state index contributed by atoms with van der Waals surface area (Å²) in [5.41, 5.74) is 3.36. The van der Waals surface area contributed by atoms with Gasteiger partial charge >= 0.3 is 0 Å². The van der Waals surface area contributed by atoms with E-state index in [4.69, 9.17) is 0 Å². The Kier molecular flexibility index (Phi) is 4.38. The maximum Gasteiger partial charge on any atom is 0.295 e. The van der Waals surface area contributed by atoms with E-state index in [1.807, 2.05) is 71.5 Å². The highest BCUT2D eigenvalue weighted by molar-refractivity contribution is 5.97. The maximum atomic E-state index is 12.7. The summed E-state index contributed by atoms with van der Waals surface area (Å²) < 4.78 is 2.02. The fourth-order valence-electron chi connectivity index (χ4n) is 2.95. The van der Waals surface area contributed by atoms with Crippen LogP contribution in [0.1, 0.15) is 27.6 Å². The highest BCUT2D eigenvalue weighted by atomic mass is 16.1. The Morgan fingerprint density at radius 1 is 1.15 bits per heavy atom. The number of nitrogens with zero attached hydrogens (tertiary/aromatic N) is 2. The second kappa shape index (κ2) is 7.14. The van der Waals surface area contributed by atoms with Gasteiger partial charge in [0.15, 0.2) is 17.9 Å². The topological polar surface area (TPSA) is 76.0 Å². The third-order valence-electron chi connectivity index (χ3n) is 4.20. The number of imidazole rings is 1. The van der Waals surface area contributed by atoms with Gasteiger partial charge in [-0.25, -0.2) is 9.97 Å². The predicted molar refractivity (Wildman–Crippen MR) is 95.2 cm³/mol. The van der Waals surface area contributed by atoms with E-state index in [2.05, 4.69) is 20.3 Å². The van der Waals surface area contributed by atoms with Gasteiger partial charge in [-0.3, -0.25) is 9.78 Å². The molecule has 6 nitrogen and oxygen atoms in total. The first kappa shape index (κ1) is 16.0. The SMILES string of the molecule is O=C(NCc1ccccn1)c1[nH]c(Cc2ccc[nH+]c2)[n+]2ccccc12. The van der Waals surface area contributed by atoms with Crippen molar-refractivity contribution in [1.29, 1.82) is 0 Å². The van der Waals surface area contributed by atoms with Gasteiger partial charge in [-0.1, -0.05) is 12.1 Å². The Hall–Kier alpha value is -3.54. The zero-order valence-corrected chi connectivity index (χ0v) is 14.1. The van der Waals surface area contributed by atoms with E-state index in [0.29, 0.717) is 18.7 Å². The number of hydrogen-bond acceptors (Lipinski definition) is 2. The van der Waals surface area contributed by atoms with Crippen LogP contribution in [0, 0.1) is 0 Å². The number of aromatic amines is 2. The van der Waals surface area contributed by atoms with Gasteiger partial charge in [0.25, 0.3) is 11.7 Å². The van der Waals surface area contributed by atoms with Crippen LogP contribution >= 0.6 is 0 Å². The largest absolute Gasteiger partial charge is 0.343 e. The summed E-state index contributed by atoms with van der Waals surface area (Å²) in [5.74, 6) is 0.799. The molecule has 0 aliphatic rings. The smallest absolute Gasteiger partial charge is 0.295 e. The van der Waals surface area contributed by atoms with Crippen LogP contribution in [0.2, 0.25) is 0 Å². The van der Waals surface area contributed by atoms with Gasteiger partial charge < -0.3 is 5.32 Å². The molecule has 0 bridgehead atoms. The molecule has 0 radical (unpaired) electrons. The van der Waals surface area contributed by atoms with Crippen LogP contribution in [0.4, 0.5) is 0 Å². The number of rotatable bonds is 5. The van der Waals surface area contributed by atoms with Crippen molar-refractivity contribution in [3.05, 3.63) is 96.1 Å². The summed E-state index contributed by atoms with van der Waals surface area (Å²) in [7, 11) is 0. The number of carbonyl (C=O) groups is 1. The summed E-state index contributed by atoms with van der Waals surface area (Å²) in [6.07, 6.45) is 8.20. The number of amides is 1. The Labute approximate surface area is 150 Å². The van der Waals surface area contributed by atoms with Crippen molar-refractivity contribution >= 4 is 11.4 Å². The molecule has 0 unspecified atom stereocenters. The van der Waals surface area contributed by atoms with Gasteiger partial charge in [0.1, 0.15) is 0 Å². The first-order valence-corrected chi connectivity index (χ1v) is 8.45. The molecule has 0 atom stereocenters. The first-order valence-electron chi connectivity index (χ1n) is 8.45. The highest BCUT2D eigenvalue weighted by Crippen LogP contribution is 2.10. The monoisotopic (exact) mass is 345 g/mol. The van der Waals surface area contributed by atoms with Crippen molar-refractivity contribution in [2.75, 3.05) is 0 Å². The lowest BCUT2D eigenvalue weighted by atomic mass is 10.2. The normalized spacial score (nSPS) is 10.8. The number of hydrogen-bond donors (Lipinski definition) is 2. The quantitative estimate of drug-likeness (QED) is 0.538. The van der Waals surface area contributed by atoms with Crippen LogP contribution < -0.4 is 14.7 Å². The second-order valence-corrected chi connectivity index (χ2v) is 5.99. The van der Waals surface area contributed by atoms with Crippen molar-refractivity contribution in [1.82, 2.24) is 15.3 Å². The molecule has 4 rings (SSSR count). The first-order chi connectivity index (χ1) is 12.8. The van der Waals surface area contributed by atoms with Crippen LogP contribution in [-0.2, 0) is 13.0 Å². The minimum atomic E-state index is -0.148. The molecule has 6 heteroatoms. The summed E-state index contributed by atoms with van der Waals surface area (Å²) in [6, 6.07) is 15.5. The Morgan fingerprint density at radius 2 is 2.08 bits per heavy atom. The zero-order chi connectivity index (χ0) is 17.8. The van der Waals surface area contributed by atoms with Gasteiger partial charge in [0.05, 0.1) is 24.9 Å². The summed E-state index contributed by atoms with van der Waals surface area (Å²) in [5, 5.41) is 2.93. The molecule has 0 spiro atoms. The zero-order valence-electron chi connectivity index (χ0n) is 14.1. The van der Waals surface area contributed by atoms with Crippen LogP contribution in [0.5, 0.6) is 0 Å². The van der Waals surface area contributed by atoms with Crippen molar-refractivity contribution < 1.29 is 14.2 Å². The van der Waals surface area contributed by atoms with Crippen LogP contribution in [-0.4, -0.2) is 15.9 Å². The van der Waals surface area contributed by atoms with Crippen molar-refractivity contribution in [2.45, 2.75) is 13.0 Å². The van der Waals surface area contributed by atoms with Crippen LogP contribution in [0.25, 0.3) is 5.52 Å². The molecule has 1 amide bonds. The Morgan fingerprint density at radius 3 is 2.88 bits per heavy atom. The van der Waals surface area contributed by atoms with E-state index in [1.54, 1.807) is 6.20 Å². The molecule has 4 heterocycles. The fourth-order valence-corrected chi connectivity index (χ4v) is 2.95. The van der Waals surface area contributed by atoms with Gasteiger partial charge in [-0.05, 0) is 30.3 Å². The predicted octanol–water partition coefficient (Wildman–Crippen LogP) is 1.48. The molecule has 26 heavy (non-hydrogen) atoms. The lowest BCUT2D eigenvalue weighted by molar-refractivity contribution is -0.520. The number of pyridine rings is 3. The van der Waals surface area contributed by atoms with Gasteiger partial charge in [-0.2, -0.15) is 4.40 Å². The van der Waals surface area contributed by atoms with Gasteiger partial charge in [0.2, 0.25) is 5.69 Å². The number of aromatic nitrogens is 4. The number of fused-ring (bicyclic) bond motifs is 1. The summed E-state index contributed by atoms with van der Waals surface area (Å²) in [6.45, 7) is 0.390. The molecule has 0 saturated heterocycles. The minimum absolute atomic E-state index is 0.148. The third-order valence-corrected chi connectivity index (χ3v) is 4.20. The van der Waals surface area contributed by atoms with Crippen molar-refractivity contribution in [2.24, 2.45) is 0 Å². The van der Waals surface area contributed by atoms with E-state index in [-0.39, 0.29) is 5.91 Å². The summed E-state index contributed by atoms with van der Waals surface area (Å²) >= 11 is 0. The van der Waals surface area contributed by atoms with Crippen LogP contribution in [0.3, 0.4) is 0 Å². The minimum Gasteiger partial charge on any atom is -0.343 e. The molecular formula is C20H19N5O+2. The van der Waals surface area contributed by atoms with Gasteiger partial charge in [0, 0.05) is 17.8 Å². The number of H-pyrrole nitrogens is 2. The molecular weight excluding hydrogens is 326 g/mol. The van der Waals surface area contributed by atoms with E-state index in [1.165, 1.54) is 0 Å². The molecule has 0 fully saturated rings. The molecule has 0 aliphatic carbocycles. The molecule has 0 aromatic carbocycles. The molecule has 0 aliphatic heterocycles. The molecule has 3 N–H and O–H groups in total. The second-order valence-electron chi connectivity index (χ2n) is 5.99. The van der Waals surface area contributed by atoms with Crippen LogP contribution in [0.15, 0.2) is 73.3 Å². The van der Waals surface area contributed by atoms with E-state index in [0.717, 1.165) is 22.6 Å². The molecule has 128 valence electrons. The lowest BCUT2D eigenvalue weighted by Gasteiger charge is -2.01. The van der Waals surface area contributed by atoms with Gasteiger partial charge in [-0.15, -0.1) is 0 Å². The third kappa shape index (κ3) is 3.30. The number of carbonyl (C=O) groups excluding carboxylic acids is 1. The maximum absolute atomic E-state index is 12.7. The van der Waals surface area contributed by atoms with E-state index in [9.17, 15) is 4.79 Å². The molecule has 4 aromatic heterocycles. The van der Waals surface area contributed by atoms with E-state index >= 15 is 0 Å². The van der Waals surface area contributed by atoms with Crippen molar-refractivity contribution in [3.63, 3.8) is 0 Å². The fraction of sp³-hybridized carbons (Fsp3) is 0.100. The average molecular weight is 345 g/mol.